The molecular formula is C18H19N3O2. The van der Waals surface area contributed by atoms with E-state index in [1.54, 1.807) is 0 Å². The molecule has 1 aromatic carbocycles. The Hall–Kier alpha value is -2.69. The average molecular weight is 309 g/mol. The van der Waals surface area contributed by atoms with Crippen LogP contribution in [-0.4, -0.2) is 21.7 Å². The molecular weight excluding hydrogens is 290 g/mol. The summed E-state index contributed by atoms with van der Waals surface area (Å²) < 4.78 is 13.0. The molecule has 0 atom stereocenters. The van der Waals surface area contributed by atoms with Crippen molar-refractivity contribution in [2.45, 2.75) is 26.3 Å². The van der Waals surface area contributed by atoms with E-state index in [-0.39, 0.29) is 12.3 Å². The first-order valence-electron chi connectivity index (χ1n) is 7.66. The molecule has 0 saturated carbocycles. The highest BCUT2D eigenvalue weighted by Crippen LogP contribution is 2.38. The first kappa shape index (κ1) is 13.9. The van der Waals surface area contributed by atoms with Gasteiger partial charge in [-0.2, -0.15) is 0 Å². The van der Waals surface area contributed by atoms with Gasteiger partial charge in [-0.05, 0) is 51.1 Å². The van der Waals surface area contributed by atoms with E-state index in [2.05, 4.69) is 30.5 Å². The van der Waals surface area contributed by atoms with Crippen LogP contribution < -0.4 is 14.8 Å². The molecule has 4 rings (SSSR count). The van der Waals surface area contributed by atoms with Gasteiger partial charge in [0, 0.05) is 17.3 Å². The van der Waals surface area contributed by atoms with Crippen LogP contribution in [0.4, 0.5) is 5.82 Å². The molecule has 118 valence electrons. The van der Waals surface area contributed by atoms with Crippen molar-refractivity contribution in [3.63, 3.8) is 0 Å². The van der Waals surface area contributed by atoms with Crippen LogP contribution in [0.2, 0.25) is 0 Å². The summed E-state index contributed by atoms with van der Waals surface area (Å²) >= 11 is 0. The summed E-state index contributed by atoms with van der Waals surface area (Å²) in [5.74, 6) is 2.52. The number of nitrogens with one attached hydrogen (secondary N) is 1. The monoisotopic (exact) mass is 309 g/mol. The van der Waals surface area contributed by atoms with Crippen LogP contribution in [0.25, 0.3) is 16.9 Å². The van der Waals surface area contributed by atoms with E-state index in [4.69, 9.17) is 14.5 Å². The normalized spacial score (nSPS) is 13.5. The van der Waals surface area contributed by atoms with Gasteiger partial charge in [0.25, 0.3) is 0 Å². The quantitative estimate of drug-likeness (QED) is 0.779. The van der Waals surface area contributed by atoms with E-state index < -0.39 is 0 Å². The molecule has 2 aromatic heterocycles. The van der Waals surface area contributed by atoms with E-state index in [0.717, 1.165) is 34.2 Å². The predicted molar refractivity (Wildman–Crippen MR) is 90.1 cm³/mol. The molecule has 5 heteroatoms. The number of imidazole rings is 1. The first-order chi connectivity index (χ1) is 11.0. The Kier molecular flexibility index (Phi) is 2.98. The van der Waals surface area contributed by atoms with Crippen LogP contribution in [0.3, 0.4) is 0 Å². The maximum absolute atomic E-state index is 5.50. The van der Waals surface area contributed by atoms with E-state index in [9.17, 15) is 0 Å². The Labute approximate surface area is 134 Å². The SMILES string of the molecule is CC(C)(C)Nc1c(-c2ccc3c(c2)OCO3)nc2ccccn12. The van der Waals surface area contributed by atoms with Crippen molar-refractivity contribution in [3.8, 4) is 22.8 Å². The topological polar surface area (TPSA) is 47.8 Å². The van der Waals surface area contributed by atoms with Gasteiger partial charge in [0.15, 0.2) is 11.5 Å². The summed E-state index contributed by atoms with van der Waals surface area (Å²) in [6.45, 7) is 6.69. The number of anilines is 1. The summed E-state index contributed by atoms with van der Waals surface area (Å²) in [7, 11) is 0. The summed E-state index contributed by atoms with van der Waals surface area (Å²) in [5, 5.41) is 3.57. The molecule has 3 heterocycles. The lowest BCUT2D eigenvalue weighted by Crippen LogP contribution is -2.27. The number of benzene rings is 1. The number of rotatable bonds is 2. The van der Waals surface area contributed by atoms with Gasteiger partial charge in [0.2, 0.25) is 6.79 Å². The third-order valence-electron chi connectivity index (χ3n) is 3.67. The Morgan fingerprint density at radius 3 is 2.74 bits per heavy atom. The van der Waals surface area contributed by atoms with Crippen molar-refractivity contribution in [1.82, 2.24) is 9.38 Å². The van der Waals surface area contributed by atoms with E-state index in [0.29, 0.717) is 0 Å². The zero-order valence-corrected chi connectivity index (χ0v) is 13.5. The molecule has 0 aliphatic carbocycles. The van der Waals surface area contributed by atoms with Gasteiger partial charge in [0.05, 0.1) is 0 Å². The molecule has 1 N–H and O–H groups in total. The molecule has 5 nitrogen and oxygen atoms in total. The van der Waals surface area contributed by atoms with Gasteiger partial charge in [0.1, 0.15) is 17.2 Å². The largest absolute Gasteiger partial charge is 0.454 e. The molecule has 1 aliphatic rings. The van der Waals surface area contributed by atoms with Crippen molar-refractivity contribution < 1.29 is 9.47 Å². The summed E-state index contributed by atoms with van der Waals surface area (Å²) in [4.78, 5) is 4.80. The maximum Gasteiger partial charge on any atom is 0.231 e. The summed E-state index contributed by atoms with van der Waals surface area (Å²) in [5.41, 5.74) is 2.75. The number of ether oxygens (including phenoxy) is 2. The van der Waals surface area contributed by atoms with Crippen LogP contribution in [0.15, 0.2) is 42.6 Å². The maximum atomic E-state index is 5.50. The van der Waals surface area contributed by atoms with Crippen molar-refractivity contribution >= 4 is 11.5 Å². The van der Waals surface area contributed by atoms with Crippen molar-refractivity contribution in [2.75, 3.05) is 12.1 Å². The average Bonchev–Trinajstić information content (AvgIpc) is 3.10. The smallest absolute Gasteiger partial charge is 0.231 e. The van der Waals surface area contributed by atoms with Gasteiger partial charge >= 0.3 is 0 Å². The first-order valence-corrected chi connectivity index (χ1v) is 7.66. The lowest BCUT2D eigenvalue weighted by Gasteiger charge is -2.22. The van der Waals surface area contributed by atoms with Crippen molar-refractivity contribution in [2.24, 2.45) is 0 Å². The fourth-order valence-corrected chi connectivity index (χ4v) is 2.72. The molecule has 3 aromatic rings. The van der Waals surface area contributed by atoms with Crippen molar-refractivity contribution in [1.29, 1.82) is 0 Å². The minimum Gasteiger partial charge on any atom is -0.454 e. The zero-order chi connectivity index (χ0) is 16.0. The van der Waals surface area contributed by atoms with Gasteiger partial charge in [-0.15, -0.1) is 0 Å². The van der Waals surface area contributed by atoms with E-state index >= 15 is 0 Å². The highest BCUT2D eigenvalue weighted by atomic mass is 16.7. The second-order valence-electron chi connectivity index (χ2n) is 6.68. The number of fused-ring (bicyclic) bond motifs is 2. The van der Waals surface area contributed by atoms with Crippen molar-refractivity contribution in [3.05, 3.63) is 42.6 Å². The minimum absolute atomic E-state index is 0.0725. The second kappa shape index (κ2) is 4.91. The van der Waals surface area contributed by atoms with Gasteiger partial charge < -0.3 is 14.8 Å². The summed E-state index contributed by atoms with van der Waals surface area (Å²) in [6, 6.07) is 11.9. The van der Waals surface area contributed by atoms with E-state index in [1.807, 2.05) is 42.6 Å². The van der Waals surface area contributed by atoms with Gasteiger partial charge in [-0.1, -0.05) is 6.07 Å². The molecule has 0 bridgehead atoms. The Morgan fingerprint density at radius 1 is 1.09 bits per heavy atom. The molecule has 0 fully saturated rings. The highest BCUT2D eigenvalue weighted by Gasteiger charge is 2.21. The van der Waals surface area contributed by atoms with Gasteiger partial charge in [-0.3, -0.25) is 4.40 Å². The van der Waals surface area contributed by atoms with Crippen LogP contribution in [-0.2, 0) is 0 Å². The standard InChI is InChI=1S/C18H19N3O2/c1-18(2,3)20-17-16(19-15-6-4-5-9-21(15)17)12-7-8-13-14(10-12)23-11-22-13/h4-10,20H,11H2,1-3H3. The lowest BCUT2D eigenvalue weighted by molar-refractivity contribution is 0.174. The third kappa shape index (κ3) is 2.48. The van der Waals surface area contributed by atoms with E-state index in [1.165, 1.54) is 0 Å². The van der Waals surface area contributed by atoms with Crippen LogP contribution in [0.5, 0.6) is 11.5 Å². The fourth-order valence-electron chi connectivity index (χ4n) is 2.72. The zero-order valence-electron chi connectivity index (χ0n) is 13.5. The number of nitrogens with zero attached hydrogens (tertiary/aromatic N) is 2. The minimum atomic E-state index is -0.0725. The molecule has 1 aliphatic heterocycles. The predicted octanol–water partition coefficient (Wildman–Crippen LogP) is 3.94. The second-order valence-corrected chi connectivity index (χ2v) is 6.68. The highest BCUT2D eigenvalue weighted by molar-refractivity contribution is 5.78. The number of aromatic nitrogens is 2. The molecule has 0 spiro atoms. The van der Waals surface area contributed by atoms with Crippen LogP contribution in [0.1, 0.15) is 20.8 Å². The fraction of sp³-hybridized carbons (Fsp3) is 0.278. The Balaban J connectivity index is 1.90. The lowest BCUT2D eigenvalue weighted by atomic mass is 10.1. The molecule has 0 unspecified atom stereocenters. The van der Waals surface area contributed by atoms with Gasteiger partial charge in [-0.25, -0.2) is 4.98 Å². The molecule has 23 heavy (non-hydrogen) atoms. The van der Waals surface area contributed by atoms with Crippen LogP contribution in [0, 0.1) is 0 Å². The third-order valence-corrected chi connectivity index (χ3v) is 3.67. The molecule has 0 amide bonds. The molecule has 0 saturated heterocycles. The number of hydrogen-bond donors (Lipinski definition) is 1. The summed E-state index contributed by atoms with van der Waals surface area (Å²) in [6.07, 6.45) is 2.02. The Morgan fingerprint density at radius 2 is 1.91 bits per heavy atom. The number of pyridine rings is 1. The Bertz CT molecular complexity index is 878. The van der Waals surface area contributed by atoms with Crippen LogP contribution >= 0.6 is 0 Å². The number of hydrogen-bond acceptors (Lipinski definition) is 4. The molecule has 0 radical (unpaired) electrons.